The molecule has 6 rings (SSSR count). The zero-order valence-corrected chi connectivity index (χ0v) is 19.7. The molecule has 1 aliphatic heterocycles. The molecule has 1 saturated heterocycles. The number of nitrogens with zero attached hydrogens (tertiary/aromatic N) is 2. The number of hydrogen-bond acceptors (Lipinski definition) is 4. The van der Waals surface area contributed by atoms with Crippen molar-refractivity contribution < 1.29 is 26.8 Å². The molecule has 5 aliphatic rings. The Kier molecular flexibility index (Phi) is 5.83. The molecule has 0 spiro atoms. The summed E-state index contributed by atoms with van der Waals surface area (Å²) in [7, 11) is -4.06. The summed E-state index contributed by atoms with van der Waals surface area (Å²) in [6, 6.07) is 2.94. The highest BCUT2D eigenvalue weighted by Gasteiger charge is 2.56. The quantitative estimate of drug-likeness (QED) is 0.626. The van der Waals surface area contributed by atoms with E-state index in [-0.39, 0.29) is 60.4 Å². The number of benzene rings is 1. The first-order valence-corrected chi connectivity index (χ1v) is 13.3. The van der Waals surface area contributed by atoms with Gasteiger partial charge in [-0.05, 0) is 73.8 Å². The Hall–Kier alpha value is -2.27. The summed E-state index contributed by atoms with van der Waals surface area (Å²) >= 11 is 0. The molecule has 0 radical (unpaired) electrons. The van der Waals surface area contributed by atoms with E-state index >= 15 is 0 Å². The van der Waals surface area contributed by atoms with Crippen molar-refractivity contribution in [3.8, 4) is 0 Å². The minimum absolute atomic E-state index is 0.0279. The fourth-order valence-electron chi connectivity index (χ4n) is 7.23. The molecule has 4 bridgehead atoms. The van der Waals surface area contributed by atoms with Gasteiger partial charge in [0, 0.05) is 31.6 Å². The third kappa shape index (κ3) is 4.17. The molecule has 4 aliphatic carbocycles. The molecule has 186 valence electrons. The van der Waals surface area contributed by atoms with Crippen molar-refractivity contribution in [3.63, 3.8) is 0 Å². The van der Waals surface area contributed by atoms with Crippen LogP contribution >= 0.6 is 0 Å². The molecular weight excluding hydrogens is 466 g/mol. The van der Waals surface area contributed by atoms with Crippen LogP contribution in [0, 0.1) is 34.8 Å². The van der Waals surface area contributed by atoms with Crippen molar-refractivity contribution in [3.05, 3.63) is 29.8 Å². The predicted octanol–water partition coefficient (Wildman–Crippen LogP) is 1.91. The van der Waals surface area contributed by atoms with E-state index in [1.165, 1.54) is 6.07 Å². The van der Waals surface area contributed by atoms with Crippen LogP contribution in [0.25, 0.3) is 0 Å². The molecule has 2 amide bonds. The van der Waals surface area contributed by atoms with Gasteiger partial charge in [0.15, 0.2) is 11.6 Å². The monoisotopic (exact) mass is 496 g/mol. The second-order valence-corrected chi connectivity index (χ2v) is 12.4. The molecule has 2 unspecified atom stereocenters. The Bertz CT molecular complexity index is 1100. The summed E-state index contributed by atoms with van der Waals surface area (Å²) < 4.78 is 55.4. The number of carbonyl (C=O) groups is 2. The Balaban J connectivity index is 1.26. The molecule has 0 aromatic heterocycles. The van der Waals surface area contributed by atoms with Gasteiger partial charge in [0.05, 0.1) is 12.2 Å². The zero-order chi connectivity index (χ0) is 24.3. The standard InChI is InChI=1S/C23H30F2N4O4S/c24-18-3-2-17(8-19(18)25)29-5-1-4-28(34(29,32)33)13-21(31)27-22-15-6-14-7-16(22)11-23(9-14,10-15)12-20(26)30/h2-3,8,14-16,22H,1,4-7,9-13H2,(H2,26,30)(H,27,31). The van der Waals surface area contributed by atoms with Crippen molar-refractivity contribution in [2.24, 2.45) is 28.9 Å². The number of hydrogen-bond donors (Lipinski definition) is 2. The van der Waals surface area contributed by atoms with Crippen LogP contribution in [0.15, 0.2) is 18.2 Å². The van der Waals surface area contributed by atoms with Crippen LogP contribution in [-0.2, 0) is 19.8 Å². The van der Waals surface area contributed by atoms with E-state index in [1.807, 2.05) is 0 Å². The lowest BCUT2D eigenvalue weighted by Crippen LogP contribution is -2.61. The van der Waals surface area contributed by atoms with E-state index in [9.17, 15) is 26.8 Å². The molecule has 1 heterocycles. The molecule has 5 fully saturated rings. The van der Waals surface area contributed by atoms with Gasteiger partial charge in [0.1, 0.15) is 0 Å². The number of nitrogens with two attached hydrogens (primary N) is 1. The minimum atomic E-state index is -4.06. The summed E-state index contributed by atoms with van der Waals surface area (Å²) in [6.45, 7) is -0.0206. The number of rotatable bonds is 6. The van der Waals surface area contributed by atoms with Crippen LogP contribution in [-0.4, -0.2) is 50.2 Å². The first-order chi connectivity index (χ1) is 16.1. The smallest absolute Gasteiger partial charge is 0.304 e. The van der Waals surface area contributed by atoms with E-state index in [2.05, 4.69) is 5.32 Å². The fraction of sp³-hybridized carbons (Fsp3) is 0.652. The minimum Gasteiger partial charge on any atom is -0.370 e. The van der Waals surface area contributed by atoms with Gasteiger partial charge in [0.25, 0.3) is 0 Å². The van der Waals surface area contributed by atoms with E-state index in [0.717, 1.165) is 52.8 Å². The third-order valence-corrected chi connectivity index (χ3v) is 10.1. The van der Waals surface area contributed by atoms with Crippen LogP contribution in [0.1, 0.15) is 44.9 Å². The van der Waals surface area contributed by atoms with Crippen molar-refractivity contribution >= 4 is 27.7 Å². The van der Waals surface area contributed by atoms with Gasteiger partial charge in [0.2, 0.25) is 11.8 Å². The highest BCUT2D eigenvalue weighted by Crippen LogP contribution is 2.61. The van der Waals surface area contributed by atoms with Gasteiger partial charge >= 0.3 is 10.2 Å². The van der Waals surface area contributed by atoms with Gasteiger partial charge in [-0.15, -0.1) is 0 Å². The highest BCUT2D eigenvalue weighted by atomic mass is 32.2. The molecule has 1 aromatic carbocycles. The number of nitrogens with one attached hydrogen (secondary N) is 1. The summed E-state index contributed by atoms with van der Waals surface area (Å²) in [4.78, 5) is 24.6. The molecular formula is C23H30F2N4O4S. The molecule has 8 nitrogen and oxygen atoms in total. The Morgan fingerprint density at radius 2 is 1.79 bits per heavy atom. The molecule has 2 atom stereocenters. The lowest BCUT2D eigenvalue weighted by Gasteiger charge is -2.60. The normalized spacial score (nSPS) is 34.2. The summed E-state index contributed by atoms with van der Waals surface area (Å²) in [5.74, 6) is -1.73. The van der Waals surface area contributed by atoms with E-state index in [0.29, 0.717) is 18.8 Å². The maximum atomic E-state index is 13.7. The SMILES string of the molecule is NC(=O)CC12CC3CC(C1)C(NC(=O)CN1CCCN(c4ccc(F)c(F)c4)S1(=O)=O)C(C3)C2. The molecule has 4 saturated carbocycles. The molecule has 1 aromatic rings. The first-order valence-electron chi connectivity index (χ1n) is 11.9. The van der Waals surface area contributed by atoms with Gasteiger partial charge in [-0.2, -0.15) is 12.7 Å². The number of anilines is 1. The van der Waals surface area contributed by atoms with Gasteiger partial charge in [-0.3, -0.25) is 13.9 Å². The second-order valence-electron chi connectivity index (χ2n) is 10.6. The number of halogens is 2. The Morgan fingerprint density at radius 3 is 2.44 bits per heavy atom. The van der Waals surface area contributed by atoms with Crippen LogP contribution < -0.4 is 15.4 Å². The lowest BCUT2D eigenvalue weighted by molar-refractivity contribution is -0.134. The van der Waals surface area contributed by atoms with Crippen LogP contribution in [0.5, 0.6) is 0 Å². The van der Waals surface area contributed by atoms with E-state index < -0.39 is 21.8 Å². The van der Waals surface area contributed by atoms with Gasteiger partial charge < -0.3 is 11.1 Å². The van der Waals surface area contributed by atoms with E-state index in [1.54, 1.807) is 0 Å². The van der Waals surface area contributed by atoms with Crippen molar-refractivity contribution in [1.82, 2.24) is 9.62 Å². The van der Waals surface area contributed by atoms with Crippen molar-refractivity contribution in [1.29, 1.82) is 0 Å². The number of amides is 2. The van der Waals surface area contributed by atoms with Gasteiger partial charge in [-0.1, -0.05) is 0 Å². The molecule has 11 heteroatoms. The summed E-state index contributed by atoms with van der Waals surface area (Å²) in [5, 5.41) is 3.10. The van der Waals surface area contributed by atoms with Crippen molar-refractivity contribution in [2.45, 2.75) is 51.0 Å². The van der Waals surface area contributed by atoms with Crippen LogP contribution in [0.2, 0.25) is 0 Å². The number of primary amides is 1. The third-order valence-electron chi connectivity index (χ3n) is 8.16. The fourth-order valence-corrected chi connectivity index (χ4v) is 8.89. The first kappa shape index (κ1) is 23.5. The van der Waals surface area contributed by atoms with Gasteiger partial charge in [-0.25, -0.2) is 8.78 Å². The Morgan fingerprint density at radius 1 is 1.09 bits per heavy atom. The second kappa shape index (κ2) is 8.44. The van der Waals surface area contributed by atoms with Crippen LogP contribution in [0.3, 0.4) is 0 Å². The van der Waals surface area contributed by atoms with E-state index in [4.69, 9.17) is 5.73 Å². The largest absolute Gasteiger partial charge is 0.370 e. The zero-order valence-electron chi connectivity index (χ0n) is 18.9. The van der Waals surface area contributed by atoms with Crippen molar-refractivity contribution in [2.75, 3.05) is 23.9 Å². The maximum Gasteiger partial charge on any atom is 0.304 e. The molecule has 3 N–H and O–H groups in total. The van der Waals surface area contributed by atoms with Crippen LogP contribution in [0.4, 0.5) is 14.5 Å². The molecule has 34 heavy (non-hydrogen) atoms. The number of carbonyl (C=O) groups excluding carboxylic acids is 2. The average Bonchev–Trinajstić information content (AvgIpc) is 2.73. The lowest BCUT2D eigenvalue weighted by atomic mass is 9.47. The topological polar surface area (TPSA) is 113 Å². The summed E-state index contributed by atoms with van der Waals surface area (Å²) in [5.41, 5.74) is 5.49. The highest BCUT2D eigenvalue weighted by molar-refractivity contribution is 7.90. The average molecular weight is 497 g/mol. The summed E-state index contributed by atoms with van der Waals surface area (Å²) in [6.07, 6.45) is 5.61. The maximum absolute atomic E-state index is 13.7. The predicted molar refractivity (Wildman–Crippen MR) is 121 cm³/mol. The Labute approximate surface area is 198 Å².